The summed E-state index contributed by atoms with van der Waals surface area (Å²) in [5.41, 5.74) is 0. The molecule has 0 aliphatic heterocycles. The second-order valence-corrected chi connectivity index (χ2v) is 9.21. The van der Waals surface area contributed by atoms with Crippen molar-refractivity contribution in [3.63, 3.8) is 0 Å². The molecule has 0 atom stereocenters. The molecule has 0 saturated heterocycles. The molecule has 0 aliphatic carbocycles. The fourth-order valence-electron chi connectivity index (χ4n) is 0.927. The van der Waals surface area contributed by atoms with Crippen LogP contribution in [0.1, 0.15) is 0 Å². The minimum absolute atomic E-state index is 0.649. The van der Waals surface area contributed by atoms with Crippen molar-refractivity contribution in [2.75, 3.05) is 42.7 Å². The summed E-state index contributed by atoms with van der Waals surface area (Å²) >= 11 is 0. The lowest BCUT2D eigenvalue weighted by atomic mass is 10.8. The Morgan fingerprint density at radius 3 is 1.17 bits per heavy atom. The average molecular weight is 298 g/mol. The van der Waals surface area contributed by atoms with Gasteiger partial charge < -0.3 is 26.6 Å². The molecule has 0 rings (SSSR count). The Morgan fingerprint density at radius 1 is 0.778 bits per heavy atom. The molecule has 0 radical (unpaired) electrons. The first-order chi connectivity index (χ1) is 8.42. The van der Waals surface area contributed by atoms with E-state index in [1.165, 1.54) is 0 Å². The number of hydrogen-bond donors (Lipinski definition) is 0. The van der Waals surface area contributed by atoms with Gasteiger partial charge in [0, 0.05) is 55.2 Å². The van der Waals surface area contributed by atoms with E-state index in [0.29, 0.717) is 6.04 Å². The topological polar surface area (TPSA) is 55.4 Å². The van der Waals surface area contributed by atoms with E-state index < -0.39 is 17.6 Å². The van der Waals surface area contributed by atoms with E-state index in [-0.39, 0.29) is 0 Å². The van der Waals surface area contributed by atoms with Crippen molar-refractivity contribution in [3.05, 3.63) is 12.7 Å². The van der Waals surface area contributed by atoms with Gasteiger partial charge in [0.2, 0.25) is 0 Å². The van der Waals surface area contributed by atoms with Crippen LogP contribution in [0, 0.1) is 0 Å². The molecular formula is C10H26O6Si2. The number of allylic oxidation sites excluding steroid dienone is 1. The highest BCUT2D eigenvalue weighted by molar-refractivity contribution is 6.61. The molecule has 0 bridgehead atoms. The van der Waals surface area contributed by atoms with Crippen LogP contribution in [0.2, 0.25) is 12.6 Å². The van der Waals surface area contributed by atoms with Crippen LogP contribution < -0.4 is 0 Å². The molecule has 0 saturated carbocycles. The maximum absolute atomic E-state index is 5.10. The highest BCUT2D eigenvalue weighted by Crippen LogP contribution is 2.11. The molecule has 18 heavy (non-hydrogen) atoms. The van der Waals surface area contributed by atoms with E-state index >= 15 is 0 Å². The summed E-state index contributed by atoms with van der Waals surface area (Å²) in [7, 11) is 5.00. The van der Waals surface area contributed by atoms with Crippen LogP contribution in [0.3, 0.4) is 0 Å². The first-order valence-corrected chi connectivity index (χ1v) is 9.50. The van der Waals surface area contributed by atoms with Crippen LogP contribution in [0.25, 0.3) is 0 Å². The molecule has 0 spiro atoms. The summed E-state index contributed by atoms with van der Waals surface area (Å²) < 4.78 is 30.1. The Bertz CT molecular complexity index is 190. The van der Waals surface area contributed by atoms with Gasteiger partial charge in [0.1, 0.15) is 0 Å². The smallest absolute Gasteiger partial charge is 0.377 e. The van der Waals surface area contributed by atoms with Crippen molar-refractivity contribution in [2.24, 2.45) is 0 Å². The molecule has 0 aromatic carbocycles. The van der Waals surface area contributed by atoms with Crippen molar-refractivity contribution >= 4 is 17.6 Å². The molecule has 0 amide bonds. The second kappa shape index (κ2) is 10.8. The van der Waals surface area contributed by atoms with Crippen molar-refractivity contribution in [1.29, 1.82) is 0 Å². The van der Waals surface area contributed by atoms with E-state index in [1.807, 2.05) is 6.55 Å². The lowest BCUT2D eigenvalue weighted by molar-refractivity contribution is 0.127. The fraction of sp³-hybridized carbons (Fsp3) is 0.800. The normalized spacial score (nSPS) is 11.7. The number of rotatable bonds is 8. The molecule has 0 heterocycles. The third-order valence-electron chi connectivity index (χ3n) is 2.44. The first kappa shape index (κ1) is 20.3. The zero-order valence-corrected chi connectivity index (χ0v) is 14.4. The average Bonchev–Trinajstić information content (AvgIpc) is 2.45. The molecule has 0 aromatic heterocycles. The summed E-state index contributed by atoms with van der Waals surface area (Å²) in [5, 5.41) is 0. The van der Waals surface area contributed by atoms with Gasteiger partial charge in [0.05, 0.1) is 0 Å². The molecule has 0 aromatic rings. The van der Waals surface area contributed by atoms with Gasteiger partial charge in [-0.25, -0.2) is 0 Å². The van der Waals surface area contributed by atoms with Crippen LogP contribution in [-0.2, 0) is 26.6 Å². The van der Waals surface area contributed by atoms with Crippen LogP contribution >= 0.6 is 0 Å². The molecule has 0 fully saturated rings. The largest absolute Gasteiger partial charge is 0.504 e. The molecule has 0 N–H and O–H groups in total. The lowest BCUT2D eigenvalue weighted by Gasteiger charge is -2.22. The fourth-order valence-corrected chi connectivity index (χ4v) is 2.78. The van der Waals surface area contributed by atoms with Crippen LogP contribution in [0.15, 0.2) is 12.7 Å². The van der Waals surface area contributed by atoms with Gasteiger partial charge in [-0.15, -0.1) is 6.58 Å². The highest BCUT2D eigenvalue weighted by atomic mass is 28.4. The van der Waals surface area contributed by atoms with E-state index in [9.17, 15) is 0 Å². The lowest BCUT2D eigenvalue weighted by Crippen LogP contribution is -2.41. The maximum Gasteiger partial charge on any atom is 0.504 e. The van der Waals surface area contributed by atoms with E-state index in [1.54, 1.807) is 48.7 Å². The minimum Gasteiger partial charge on any atom is -0.377 e. The first-order valence-electron chi connectivity index (χ1n) is 5.34. The molecule has 0 unspecified atom stereocenters. The minimum atomic E-state index is -2.34. The van der Waals surface area contributed by atoms with Gasteiger partial charge in [0.25, 0.3) is 0 Å². The number of hydrogen-bond acceptors (Lipinski definition) is 6. The van der Waals surface area contributed by atoms with E-state index in [4.69, 9.17) is 26.6 Å². The van der Waals surface area contributed by atoms with E-state index in [2.05, 4.69) is 6.58 Å². The van der Waals surface area contributed by atoms with Gasteiger partial charge >= 0.3 is 17.6 Å². The predicted molar refractivity (Wildman–Crippen MR) is 74.4 cm³/mol. The van der Waals surface area contributed by atoms with E-state index in [0.717, 1.165) is 0 Å². The van der Waals surface area contributed by atoms with Gasteiger partial charge in [-0.3, -0.25) is 0 Å². The summed E-state index contributed by atoms with van der Waals surface area (Å²) in [4.78, 5) is 0. The van der Waals surface area contributed by atoms with Gasteiger partial charge in [-0.2, -0.15) is 0 Å². The van der Waals surface area contributed by atoms with Crippen LogP contribution in [0.5, 0.6) is 0 Å². The Labute approximate surface area is 113 Å². The second-order valence-electron chi connectivity index (χ2n) is 3.26. The molecule has 0 aliphatic rings. The summed E-state index contributed by atoms with van der Waals surface area (Å²) in [5.74, 6) is 0. The summed E-state index contributed by atoms with van der Waals surface area (Å²) in [6.45, 7) is 5.41. The molecule has 110 valence electrons. The molecule has 8 heteroatoms. The van der Waals surface area contributed by atoms with Gasteiger partial charge in [-0.05, 0) is 0 Å². The van der Waals surface area contributed by atoms with Crippen molar-refractivity contribution < 1.29 is 26.6 Å². The van der Waals surface area contributed by atoms with Gasteiger partial charge in [-0.1, -0.05) is 6.08 Å². The standard InChI is InChI=1S/C6H14O3Si.C4H12O3Si/c1-5-6-10(7-2,8-3)9-4;1-5-8(4,6-2)7-3/h5H,1,6H2,2-4H3;1-4H3. The maximum atomic E-state index is 5.10. The third kappa shape index (κ3) is 7.39. The van der Waals surface area contributed by atoms with Crippen molar-refractivity contribution in [1.82, 2.24) is 0 Å². The summed E-state index contributed by atoms with van der Waals surface area (Å²) in [6.07, 6.45) is 1.74. The Kier molecular flexibility index (Phi) is 12.2. The quantitative estimate of drug-likeness (QED) is 0.500. The van der Waals surface area contributed by atoms with Crippen LogP contribution in [-0.4, -0.2) is 60.3 Å². The van der Waals surface area contributed by atoms with Crippen molar-refractivity contribution in [3.8, 4) is 0 Å². The molecular weight excluding hydrogens is 272 g/mol. The Morgan fingerprint density at radius 2 is 1.11 bits per heavy atom. The van der Waals surface area contributed by atoms with Crippen LogP contribution in [0.4, 0.5) is 0 Å². The predicted octanol–water partition coefficient (Wildman–Crippen LogP) is 1.54. The highest BCUT2D eigenvalue weighted by Gasteiger charge is 2.35. The SMILES string of the molecule is C=CC[Si](OC)(OC)OC.CO[Si](C)(OC)OC. The van der Waals surface area contributed by atoms with Crippen molar-refractivity contribution in [2.45, 2.75) is 12.6 Å². The Balaban J connectivity index is 0. The third-order valence-corrected chi connectivity index (χ3v) is 7.32. The monoisotopic (exact) mass is 298 g/mol. The zero-order chi connectivity index (χ0) is 14.7. The molecule has 6 nitrogen and oxygen atoms in total. The van der Waals surface area contributed by atoms with Gasteiger partial charge in [0.15, 0.2) is 0 Å². The Hall–Kier alpha value is -0.0662. The summed E-state index contributed by atoms with van der Waals surface area (Å²) in [6, 6.07) is 0.649. The zero-order valence-electron chi connectivity index (χ0n) is 12.4.